The summed E-state index contributed by atoms with van der Waals surface area (Å²) in [6.07, 6.45) is 1.73. The van der Waals surface area contributed by atoms with Crippen molar-refractivity contribution in [2.75, 3.05) is 0 Å². The van der Waals surface area contributed by atoms with Crippen LogP contribution >= 0.6 is 0 Å². The molecule has 1 aromatic heterocycles. The fraction of sp³-hybridized carbons (Fsp3) is 0.296. The minimum atomic E-state index is 0. The van der Waals surface area contributed by atoms with E-state index < -0.39 is 0 Å². The van der Waals surface area contributed by atoms with E-state index in [0.29, 0.717) is 0 Å². The molecule has 75 heavy (non-hydrogen) atoms. The molecule has 0 aliphatic rings. The molecule has 0 aliphatic carbocycles. The standard InChI is InChI=1S/C71H76N3.Ir/c1-16-18-65-72-67(53-20-17-19-52(39-53)59-42-55(48-21-29-61(30-22-48)68(4,5)6)40-56(43-59)49-23-31-62(32-24-49)69(7,8)9)74(73-65)66-46(2)37-54(38-47(66)3)60-44-57(50-25-33-63(34-26-50)70(10,11)12)41-58(45-60)51-27-35-64(36-28-51)71(13,14)15;/h17,19,21-45H,16,18H2,1-15H3;/q-1;. The first kappa shape index (κ1) is 54.8. The molecule has 0 aliphatic heterocycles. The Hall–Kier alpha value is -6.45. The third-order valence-electron chi connectivity index (χ3n) is 14.7. The largest absolute Gasteiger partial charge is 0.262 e. The summed E-state index contributed by atoms with van der Waals surface area (Å²) in [5.41, 5.74) is 24.0. The van der Waals surface area contributed by atoms with Crippen molar-refractivity contribution in [3.63, 3.8) is 0 Å². The van der Waals surface area contributed by atoms with Crippen LogP contribution in [0.25, 0.3) is 83.8 Å². The fourth-order valence-electron chi connectivity index (χ4n) is 10.2. The first-order valence-corrected chi connectivity index (χ1v) is 26.8. The molecule has 0 amide bonds. The third-order valence-corrected chi connectivity index (χ3v) is 14.7. The second kappa shape index (κ2) is 21.3. The predicted octanol–water partition coefficient (Wildman–Crippen LogP) is 19.5. The number of aryl methyl sites for hydroxylation is 3. The molecular weight excluding hydrogens is 1090 g/mol. The molecule has 385 valence electrons. The molecule has 0 bridgehead atoms. The summed E-state index contributed by atoms with van der Waals surface area (Å²) in [5, 5.41) is 5.27. The molecule has 1 radical (unpaired) electrons. The van der Waals surface area contributed by atoms with Crippen LogP contribution in [-0.2, 0) is 48.2 Å². The van der Waals surface area contributed by atoms with E-state index in [0.717, 1.165) is 58.0 Å². The van der Waals surface area contributed by atoms with Gasteiger partial charge < -0.3 is 0 Å². The molecule has 0 saturated carbocycles. The first-order valence-electron chi connectivity index (χ1n) is 26.8. The zero-order valence-electron chi connectivity index (χ0n) is 47.2. The quantitative estimate of drug-likeness (QED) is 0.128. The van der Waals surface area contributed by atoms with Gasteiger partial charge in [-0.2, -0.15) is 5.10 Å². The summed E-state index contributed by atoms with van der Waals surface area (Å²) in [6, 6.07) is 65.3. The Morgan fingerprint density at radius 2 is 0.693 bits per heavy atom. The average molecular weight is 1160 g/mol. The van der Waals surface area contributed by atoms with Crippen molar-refractivity contribution >= 4 is 0 Å². The van der Waals surface area contributed by atoms with E-state index in [1.54, 1.807) is 0 Å². The summed E-state index contributed by atoms with van der Waals surface area (Å²) in [7, 11) is 0. The molecule has 0 spiro atoms. The molecule has 0 fully saturated rings. The van der Waals surface area contributed by atoms with Gasteiger partial charge in [-0.05, 0) is 185 Å². The Morgan fingerprint density at radius 1 is 0.387 bits per heavy atom. The third kappa shape index (κ3) is 12.2. The number of nitrogens with zero attached hydrogens (tertiary/aromatic N) is 3. The van der Waals surface area contributed by atoms with Crippen LogP contribution in [0.5, 0.6) is 0 Å². The van der Waals surface area contributed by atoms with Crippen LogP contribution in [0.4, 0.5) is 0 Å². The van der Waals surface area contributed by atoms with Crippen LogP contribution in [0.15, 0.2) is 164 Å². The minimum absolute atomic E-state index is 0. The van der Waals surface area contributed by atoms with E-state index in [4.69, 9.17) is 10.1 Å². The van der Waals surface area contributed by atoms with Gasteiger partial charge in [0, 0.05) is 26.5 Å². The summed E-state index contributed by atoms with van der Waals surface area (Å²) >= 11 is 0. The van der Waals surface area contributed by atoms with Gasteiger partial charge in [-0.15, -0.1) is 35.4 Å². The molecule has 9 rings (SSSR count). The van der Waals surface area contributed by atoms with Gasteiger partial charge in [0.25, 0.3) is 0 Å². The Balaban J connectivity index is 0.00000747. The summed E-state index contributed by atoms with van der Waals surface area (Å²) in [5.74, 6) is 1.63. The Bertz CT molecular complexity index is 3280. The topological polar surface area (TPSA) is 30.7 Å². The predicted molar refractivity (Wildman–Crippen MR) is 317 cm³/mol. The molecule has 9 aromatic rings. The summed E-state index contributed by atoms with van der Waals surface area (Å²) in [6.45, 7) is 33.9. The van der Waals surface area contributed by atoms with Crippen molar-refractivity contribution in [1.82, 2.24) is 14.8 Å². The van der Waals surface area contributed by atoms with Crippen molar-refractivity contribution in [2.24, 2.45) is 0 Å². The molecular formula is C71H76IrN3-. The van der Waals surface area contributed by atoms with Gasteiger partial charge in [0.15, 0.2) is 0 Å². The van der Waals surface area contributed by atoms with E-state index in [9.17, 15) is 0 Å². The van der Waals surface area contributed by atoms with Crippen molar-refractivity contribution in [2.45, 2.75) is 138 Å². The second-order valence-corrected chi connectivity index (χ2v) is 24.9. The summed E-state index contributed by atoms with van der Waals surface area (Å²) in [4.78, 5) is 5.28. The van der Waals surface area contributed by atoms with Crippen LogP contribution < -0.4 is 0 Å². The van der Waals surface area contributed by atoms with E-state index in [1.165, 1.54) is 77.9 Å². The number of aromatic nitrogens is 3. The molecule has 0 saturated heterocycles. The van der Waals surface area contributed by atoms with Gasteiger partial charge in [0.1, 0.15) is 5.82 Å². The monoisotopic (exact) mass is 1160 g/mol. The smallest absolute Gasteiger partial charge is 0.140 e. The first-order chi connectivity index (χ1) is 34.9. The van der Waals surface area contributed by atoms with Crippen LogP contribution in [0.1, 0.15) is 136 Å². The van der Waals surface area contributed by atoms with Gasteiger partial charge in [-0.1, -0.05) is 187 Å². The Labute approximate surface area is 463 Å². The molecule has 0 unspecified atom stereocenters. The van der Waals surface area contributed by atoms with Crippen molar-refractivity contribution in [1.29, 1.82) is 0 Å². The average Bonchev–Trinajstić information content (AvgIpc) is 3.78. The van der Waals surface area contributed by atoms with Crippen molar-refractivity contribution in [3.05, 3.63) is 209 Å². The van der Waals surface area contributed by atoms with E-state index in [2.05, 4.69) is 272 Å². The number of hydrogen-bond donors (Lipinski definition) is 0. The van der Waals surface area contributed by atoms with E-state index in [1.807, 2.05) is 6.07 Å². The number of benzene rings is 8. The minimum Gasteiger partial charge on any atom is -0.262 e. The zero-order valence-corrected chi connectivity index (χ0v) is 49.6. The van der Waals surface area contributed by atoms with Gasteiger partial charge >= 0.3 is 0 Å². The maximum absolute atomic E-state index is 5.28. The van der Waals surface area contributed by atoms with Crippen molar-refractivity contribution < 1.29 is 20.1 Å². The van der Waals surface area contributed by atoms with Crippen LogP contribution in [-0.4, -0.2) is 14.8 Å². The number of hydrogen-bond acceptors (Lipinski definition) is 2. The fourth-order valence-corrected chi connectivity index (χ4v) is 10.2. The van der Waals surface area contributed by atoms with Crippen LogP contribution in [0.2, 0.25) is 0 Å². The Kier molecular flexibility index (Phi) is 15.6. The SMILES string of the molecule is CCCc1nc(-c2[c-]ccc(-c3cc(-c4ccc(C(C)(C)C)cc4)cc(-c4ccc(C(C)(C)C)cc4)c3)c2)n(-c2c(C)cc(-c3cc(-c4ccc(C(C)(C)C)cc4)cc(-c4ccc(C(C)(C)C)cc4)c3)cc2C)n1.[Ir]. The zero-order chi connectivity index (χ0) is 52.9. The molecule has 4 heteroatoms. The molecule has 3 nitrogen and oxygen atoms in total. The maximum Gasteiger partial charge on any atom is 0.140 e. The van der Waals surface area contributed by atoms with Gasteiger partial charge in [0.2, 0.25) is 0 Å². The number of rotatable bonds is 10. The van der Waals surface area contributed by atoms with E-state index in [-0.39, 0.29) is 41.8 Å². The summed E-state index contributed by atoms with van der Waals surface area (Å²) < 4.78 is 2.08. The maximum atomic E-state index is 5.28. The molecule has 8 aromatic carbocycles. The molecule has 1 heterocycles. The van der Waals surface area contributed by atoms with Crippen LogP contribution in [0, 0.1) is 19.9 Å². The van der Waals surface area contributed by atoms with Gasteiger partial charge in [0.05, 0.1) is 11.5 Å². The normalized spacial score (nSPS) is 12.2. The van der Waals surface area contributed by atoms with E-state index >= 15 is 0 Å². The van der Waals surface area contributed by atoms with Crippen LogP contribution in [0.3, 0.4) is 0 Å². The Morgan fingerprint density at radius 3 is 1.01 bits per heavy atom. The van der Waals surface area contributed by atoms with Crippen molar-refractivity contribution in [3.8, 4) is 83.8 Å². The second-order valence-electron chi connectivity index (χ2n) is 24.9. The molecule has 0 atom stereocenters. The van der Waals surface area contributed by atoms with Gasteiger partial charge in [-0.25, -0.2) is 0 Å². The van der Waals surface area contributed by atoms with Gasteiger partial charge in [-0.3, -0.25) is 9.67 Å². The molecule has 0 N–H and O–H groups in total.